The number of carboxylic acid groups (broad SMARTS) is 1. The molecule has 0 unspecified atom stereocenters. The fourth-order valence-electron chi connectivity index (χ4n) is 1.65. The van der Waals surface area contributed by atoms with E-state index in [0.717, 1.165) is 5.69 Å². The Balaban J connectivity index is 2.19. The molecule has 0 radical (unpaired) electrons. The van der Waals surface area contributed by atoms with Crippen molar-refractivity contribution in [3.63, 3.8) is 0 Å². The highest BCUT2D eigenvalue weighted by molar-refractivity contribution is 5.73. The molecule has 0 aromatic carbocycles. The number of urea groups is 1. The zero-order valence-electron chi connectivity index (χ0n) is 11.3. The van der Waals surface area contributed by atoms with Gasteiger partial charge < -0.3 is 15.3 Å². The number of aliphatic carboxylic acids is 1. The Morgan fingerprint density at radius 1 is 1.53 bits per heavy atom. The van der Waals surface area contributed by atoms with E-state index < -0.39 is 5.97 Å². The van der Waals surface area contributed by atoms with Gasteiger partial charge in [-0.25, -0.2) is 4.79 Å². The molecule has 0 saturated carbocycles. The summed E-state index contributed by atoms with van der Waals surface area (Å²) < 4.78 is 1.77. The first-order chi connectivity index (χ1) is 9.00. The van der Waals surface area contributed by atoms with Crippen molar-refractivity contribution < 1.29 is 14.7 Å². The number of rotatable bonds is 7. The number of carbonyl (C=O) groups excluding carboxylic acids is 1. The SMILES string of the molecule is CN(CCCC(=O)O)C(=O)NCCc1ccnn1C. The first-order valence-electron chi connectivity index (χ1n) is 6.18. The zero-order chi connectivity index (χ0) is 14.3. The molecule has 19 heavy (non-hydrogen) atoms. The van der Waals surface area contributed by atoms with Crippen LogP contribution < -0.4 is 5.32 Å². The highest BCUT2D eigenvalue weighted by Crippen LogP contribution is 1.97. The van der Waals surface area contributed by atoms with Crippen LogP contribution in [0.4, 0.5) is 4.79 Å². The minimum absolute atomic E-state index is 0.0760. The molecule has 7 nitrogen and oxygen atoms in total. The number of amides is 2. The Hall–Kier alpha value is -2.05. The van der Waals surface area contributed by atoms with E-state index in [1.165, 1.54) is 4.90 Å². The van der Waals surface area contributed by atoms with E-state index in [2.05, 4.69) is 10.4 Å². The second-order valence-electron chi connectivity index (χ2n) is 4.35. The van der Waals surface area contributed by atoms with E-state index >= 15 is 0 Å². The van der Waals surface area contributed by atoms with E-state index in [4.69, 9.17) is 5.11 Å². The number of nitrogens with one attached hydrogen (secondary N) is 1. The minimum atomic E-state index is -0.843. The molecular formula is C12H20N4O3. The van der Waals surface area contributed by atoms with Crippen molar-refractivity contribution in [2.45, 2.75) is 19.3 Å². The molecule has 0 bridgehead atoms. The van der Waals surface area contributed by atoms with Crippen molar-refractivity contribution in [1.82, 2.24) is 20.0 Å². The maximum absolute atomic E-state index is 11.7. The van der Waals surface area contributed by atoms with Crippen molar-refractivity contribution in [3.8, 4) is 0 Å². The van der Waals surface area contributed by atoms with Crippen LogP contribution in [0.1, 0.15) is 18.5 Å². The molecule has 0 atom stereocenters. The van der Waals surface area contributed by atoms with Crippen molar-refractivity contribution in [1.29, 1.82) is 0 Å². The molecule has 1 rings (SSSR count). The molecule has 1 aromatic rings. The van der Waals surface area contributed by atoms with Crippen molar-refractivity contribution >= 4 is 12.0 Å². The Morgan fingerprint density at radius 2 is 2.26 bits per heavy atom. The van der Waals surface area contributed by atoms with E-state index in [1.807, 2.05) is 13.1 Å². The highest BCUT2D eigenvalue weighted by Gasteiger charge is 2.08. The maximum Gasteiger partial charge on any atom is 0.317 e. The quantitative estimate of drug-likeness (QED) is 0.752. The van der Waals surface area contributed by atoms with Crippen LogP contribution in [0.3, 0.4) is 0 Å². The number of nitrogens with zero attached hydrogens (tertiary/aromatic N) is 3. The lowest BCUT2D eigenvalue weighted by Crippen LogP contribution is -2.38. The molecule has 2 amide bonds. The Bertz CT molecular complexity index is 430. The summed E-state index contributed by atoms with van der Waals surface area (Å²) in [6, 6.07) is 1.72. The summed E-state index contributed by atoms with van der Waals surface area (Å²) in [4.78, 5) is 23.5. The van der Waals surface area contributed by atoms with Gasteiger partial charge in [-0.3, -0.25) is 9.48 Å². The van der Waals surface area contributed by atoms with Crippen LogP contribution >= 0.6 is 0 Å². The summed E-state index contributed by atoms with van der Waals surface area (Å²) in [5, 5.41) is 15.3. The van der Waals surface area contributed by atoms with Crippen LogP contribution in [0.2, 0.25) is 0 Å². The third-order valence-corrected chi connectivity index (χ3v) is 2.81. The summed E-state index contributed by atoms with van der Waals surface area (Å²) >= 11 is 0. The second-order valence-corrected chi connectivity index (χ2v) is 4.35. The van der Waals surface area contributed by atoms with Crippen LogP contribution in [-0.4, -0.2) is 51.9 Å². The lowest BCUT2D eigenvalue weighted by atomic mass is 10.3. The van der Waals surface area contributed by atoms with Crippen LogP contribution in [0.5, 0.6) is 0 Å². The minimum Gasteiger partial charge on any atom is -0.481 e. The van der Waals surface area contributed by atoms with Crippen molar-refractivity contribution in [2.75, 3.05) is 20.1 Å². The fraction of sp³-hybridized carbons (Fsp3) is 0.583. The molecule has 2 N–H and O–H groups in total. The molecule has 7 heteroatoms. The van der Waals surface area contributed by atoms with Gasteiger partial charge in [0.2, 0.25) is 0 Å². The van der Waals surface area contributed by atoms with Crippen molar-refractivity contribution in [3.05, 3.63) is 18.0 Å². The van der Waals surface area contributed by atoms with Crippen LogP contribution in [0.15, 0.2) is 12.3 Å². The first-order valence-corrected chi connectivity index (χ1v) is 6.18. The standard InChI is InChI=1S/C12H20N4O3/c1-15(9-3-4-11(17)18)12(19)13-7-5-10-6-8-14-16(10)2/h6,8H,3-5,7,9H2,1-2H3,(H,13,19)(H,17,18). The van der Waals surface area contributed by atoms with Crippen LogP contribution in [0.25, 0.3) is 0 Å². The number of carbonyl (C=O) groups is 2. The molecule has 0 saturated heterocycles. The van der Waals surface area contributed by atoms with Crippen molar-refractivity contribution in [2.24, 2.45) is 7.05 Å². The third-order valence-electron chi connectivity index (χ3n) is 2.81. The molecule has 0 fully saturated rings. The largest absolute Gasteiger partial charge is 0.481 e. The number of carboxylic acids is 1. The summed E-state index contributed by atoms with van der Waals surface area (Å²) in [6.07, 6.45) is 2.97. The average Bonchev–Trinajstić information content (AvgIpc) is 2.74. The lowest BCUT2D eigenvalue weighted by Gasteiger charge is -2.17. The molecule has 0 aliphatic heterocycles. The third kappa shape index (κ3) is 5.41. The normalized spacial score (nSPS) is 10.2. The smallest absolute Gasteiger partial charge is 0.317 e. The number of hydrogen-bond acceptors (Lipinski definition) is 3. The highest BCUT2D eigenvalue weighted by atomic mass is 16.4. The number of aryl methyl sites for hydroxylation is 1. The Kier molecular flexibility index (Phi) is 5.84. The summed E-state index contributed by atoms with van der Waals surface area (Å²) in [6.45, 7) is 0.964. The van der Waals surface area contributed by atoms with Gasteiger partial charge in [-0.15, -0.1) is 0 Å². The monoisotopic (exact) mass is 268 g/mol. The second kappa shape index (κ2) is 7.40. The predicted octanol–water partition coefficient (Wildman–Crippen LogP) is 0.469. The topological polar surface area (TPSA) is 87.5 Å². The molecular weight excluding hydrogens is 248 g/mol. The predicted molar refractivity (Wildman–Crippen MR) is 69.8 cm³/mol. The Labute approximate surface area is 112 Å². The Morgan fingerprint density at radius 3 is 2.84 bits per heavy atom. The first kappa shape index (κ1) is 15.0. The molecule has 106 valence electrons. The van der Waals surface area contributed by atoms with Gasteiger partial charge in [0, 0.05) is 51.9 Å². The molecule has 0 spiro atoms. The van der Waals surface area contributed by atoms with E-state index in [0.29, 0.717) is 25.9 Å². The number of hydrogen-bond donors (Lipinski definition) is 2. The summed E-state index contributed by atoms with van der Waals surface area (Å²) in [5.41, 5.74) is 1.05. The maximum atomic E-state index is 11.7. The van der Waals surface area contributed by atoms with Gasteiger partial charge >= 0.3 is 12.0 Å². The fourth-order valence-corrected chi connectivity index (χ4v) is 1.65. The molecule has 1 aromatic heterocycles. The van der Waals surface area contributed by atoms with Crippen LogP contribution in [-0.2, 0) is 18.3 Å². The van der Waals surface area contributed by atoms with Gasteiger partial charge in [0.15, 0.2) is 0 Å². The van der Waals surface area contributed by atoms with Gasteiger partial charge in [-0.2, -0.15) is 5.10 Å². The van der Waals surface area contributed by atoms with E-state index in [9.17, 15) is 9.59 Å². The van der Waals surface area contributed by atoms with Gasteiger partial charge in [0.25, 0.3) is 0 Å². The molecule has 0 aliphatic carbocycles. The molecule has 1 heterocycles. The van der Waals surface area contributed by atoms with Gasteiger partial charge in [0.1, 0.15) is 0 Å². The van der Waals surface area contributed by atoms with E-state index in [1.54, 1.807) is 17.9 Å². The zero-order valence-corrected chi connectivity index (χ0v) is 11.3. The summed E-state index contributed by atoms with van der Waals surface area (Å²) in [5.74, 6) is -0.843. The van der Waals surface area contributed by atoms with E-state index in [-0.39, 0.29) is 12.5 Å². The van der Waals surface area contributed by atoms with Gasteiger partial charge in [-0.05, 0) is 12.5 Å². The van der Waals surface area contributed by atoms with Crippen LogP contribution in [0, 0.1) is 0 Å². The van der Waals surface area contributed by atoms with Gasteiger partial charge in [-0.1, -0.05) is 0 Å². The van der Waals surface area contributed by atoms with Gasteiger partial charge in [0.05, 0.1) is 0 Å². The lowest BCUT2D eigenvalue weighted by molar-refractivity contribution is -0.137. The average molecular weight is 268 g/mol. The number of aromatic nitrogens is 2. The summed E-state index contributed by atoms with van der Waals surface area (Å²) in [7, 11) is 3.51. The molecule has 0 aliphatic rings.